The molecule has 8 atom stereocenters. The maximum absolute atomic E-state index is 13.3. The molecule has 4 aromatic carbocycles. The molecule has 6 aromatic rings. The van der Waals surface area contributed by atoms with Gasteiger partial charge in [-0.3, -0.25) is 43.6 Å². The van der Waals surface area contributed by atoms with E-state index in [1.165, 1.54) is 25.7 Å². The molecule has 4 bridgehead atoms. The van der Waals surface area contributed by atoms with E-state index in [0.717, 1.165) is 93.7 Å². The fraction of sp³-hybridized carbons (Fsp3) is 0.478. The molecule has 6 amide bonds. The monoisotopic (exact) mass is 1250 g/mol. The van der Waals surface area contributed by atoms with Crippen molar-refractivity contribution in [2.24, 2.45) is 22.6 Å². The summed E-state index contributed by atoms with van der Waals surface area (Å²) in [7, 11) is 0. The van der Waals surface area contributed by atoms with Crippen molar-refractivity contribution in [3.05, 3.63) is 105 Å². The zero-order chi connectivity index (χ0) is 63.2. The number of nitrogens with zero attached hydrogens (tertiary/aromatic N) is 3. The van der Waals surface area contributed by atoms with Crippen LogP contribution in [0.3, 0.4) is 0 Å². The van der Waals surface area contributed by atoms with Crippen LogP contribution >= 0.6 is 0 Å². The van der Waals surface area contributed by atoms with E-state index in [0.29, 0.717) is 72.3 Å². The fourth-order valence-corrected chi connectivity index (χ4v) is 17.5. The Balaban J connectivity index is 0.455. The Bertz CT molecular complexity index is 4180. The highest BCUT2D eigenvalue weighted by Gasteiger charge is 2.74. The molecule has 6 aliphatic carbocycles. The molecule has 6 heterocycles. The van der Waals surface area contributed by atoms with Gasteiger partial charge in [-0.2, -0.15) is 0 Å². The summed E-state index contributed by atoms with van der Waals surface area (Å²) in [5.41, 5.74) is 12.8. The predicted octanol–water partition coefficient (Wildman–Crippen LogP) is 2.19. The van der Waals surface area contributed by atoms with Crippen LogP contribution in [0.4, 0.5) is 11.4 Å². The number of aromatic nitrogens is 2. The number of phenols is 2. The van der Waals surface area contributed by atoms with Gasteiger partial charge in [-0.15, -0.1) is 0 Å². The molecule has 15 N–H and O–H groups in total. The van der Waals surface area contributed by atoms with Gasteiger partial charge in [0.15, 0.2) is 41.2 Å². The van der Waals surface area contributed by atoms with Crippen molar-refractivity contribution in [1.82, 2.24) is 46.4 Å². The van der Waals surface area contributed by atoms with Crippen molar-refractivity contribution in [3.63, 3.8) is 0 Å². The number of fused-ring (bicyclic) bond motifs is 8. The first-order chi connectivity index (χ1) is 44.4. The van der Waals surface area contributed by atoms with Crippen LogP contribution in [0.15, 0.2) is 65.7 Å². The Morgan fingerprint density at radius 1 is 0.609 bits per heavy atom. The lowest BCUT2D eigenvalue weighted by Gasteiger charge is -2.62. The summed E-state index contributed by atoms with van der Waals surface area (Å²) in [5, 5.41) is 68.8. The third-order valence-corrected chi connectivity index (χ3v) is 22.0. The van der Waals surface area contributed by atoms with E-state index in [-0.39, 0.29) is 62.0 Å². The van der Waals surface area contributed by atoms with E-state index < -0.39 is 89.3 Å². The second kappa shape index (κ2) is 21.6. The normalized spacial score (nSPS) is 27.3. The minimum atomic E-state index is -1.18. The zero-order valence-electron chi connectivity index (χ0n) is 50.8. The quantitative estimate of drug-likeness (QED) is 0.0296. The number of aliphatic hydroxyl groups is 2. The van der Waals surface area contributed by atoms with Gasteiger partial charge in [-0.05, 0) is 135 Å². The van der Waals surface area contributed by atoms with Crippen LogP contribution in [0.1, 0.15) is 108 Å². The molecular weight excluding hydrogens is 1180 g/mol. The molecule has 16 rings (SSSR count). The van der Waals surface area contributed by atoms with Crippen LogP contribution in [0.2, 0.25) is 0 Å². The number of guanidine groups is 1. The highest BCUT2D eigenvalue weighted by Crippen LogP contribution is 2.71. The number of carbonyl (C=O) groups is 6. The molecular formula is C67H75N13O12. The van der Waals surface area contributed by atoms with E-state index in [4.69, 9.17) is 15.2 Å². The number of piperidine rings is 2. The molecule has 10 aliphatic rings. The number of H-pyrrole nitrogens is 2. The molecule has 4 aliphatic heterocycles. The smallest absolute Gasteiger partial charge is 0.243 e. The van der Waals surface area contributed by atoms with Crippen molar-refractivity contribution in [2.45, 2.75) is 123 Å². The highest BCUT2D eigenvalue weighted by molar-refractivity contribution is 6.04. The Morgan fingerprint density at radius 2 is 1.13 bits per heavy atom. The second-order valence-corrected chi connectivity index (χ2v) is 27.3. The van der Waals surface area contributed by atoms with Crippen LogP contribution in [0, 0.1) is 11.8 Å². The first-order valence-corrected chi connectivity index (χ1v) is 32.4. The molecule has 2 spiro atoms. The number of aliphatic imine (C=N–C) groups is 1. The van der Waals surface area contributed by atoms with E-state index in [9.17, 15) is 49.2 Å². The fourth-order valence-electron chi connectivity index (χ4n) is 17.5. The standard InChI is InChI=1S/C67H75N13O12/c68-63(75-37-10-11-42-39(24-37)41-26-67(90)47-23-35-8-12-44(81)59-54(35)64(67,61(91-59)57(41)77-42)16-20-80(47)32-34-6-7-34)70-19-18-69-50(85)27-73-51(86)28-71-48(83)14-15-49(84)72-29-52(87)74-30-53(88)76-43-3-1-2-38-40-25-66(89)46-22-36-9-13-45(82)60-55(36)65(66,17-21-79(46)31-33-4-5-33)62(92-60)58(40)78-56(38)43/h1-3,8-13,24,33-34,46-47,61-62,77-78,81-82,89-90H,4-7,14-23,25-32H2,(H,69,85)(H,71,83)(H,72,84)(H,73,86)(H,74,87)(H,76,88)(H3,68,70,75)/t46-,47-,61+,62+,64+,65+,66-,67-/m1/s1. The van der Waals surface area contributed by atoms with Gasteiger partial charge < -0.3 is 82.8 Å². The number of anilines is 2. The van der Waals surface area contributed by atoms with Crippen LogP contribution in [-0.2, 0) is 65.3 Å². The van der Waals surface area contributed by atoms with Gasteiger partial charge in [0.25, 0.3) is 0 Å². The largest absolute Gasteiger partial charge is 0.504 e. The minimum absolute atomic E-state index is 0.0478. The average Bonchev–Trinajstić information content (AvgIpc) is 1.43. The van der Waals surface area contributed by atoms with Crippen LogP contribution in [0.25, 0.3) is 21.8 Å². The number of phenolic OH excluding ortho intramolecular Hbond substituents is 2. The lowest BCUT2D eigenvalue weighted by molar-refractivity contribution is -0.173. The van der Waals surface area contributed by atoms with Gasteiger partial charge in [0.2, 0.25) is 35.4 Å². The number of benzene rings is 4. The third kappa shape index (κ3) is 9.18. The highest BCUT2D eigenvalue weighted by atomic mass is 16.5. The average molecular weight is 1250 g/mol. The van der Waals surface area contributed by atoms with E-state index in [1.807, 2.05) is 42.5 Å². The molecule has 25 nitrogen and oxygen atoms in total. The topological polar surface area (TPSA) is 362 Å². The number of aromatic hydroxyl groups is 2. The minimum Gasteiger partial charge on any atom is -0.504 e. The number of carbonyl (C=O) groups excluding carboxylic acids is 6. The number of nitrogens with one attached hydrogen (secondary N) is 9. The number of hydrogen-bond acceptors (Lipinski definition) is 15. The number of likely N-dealkylation sites (tertiary alicyclic amines) is 2. The lowest BCUT2D eigenvalue weighted by atomic mass is 9.49. The number of aromatic amines is 2. The number of amides is 6. The lowest BCUT2D eigenvalue weighted by Crippen LogP contribution is -2.74. The third-order valence-electron chi connectivity index (χ3n) is 22.0. The molecule has 2 saturated heterocycles. The van der Waals surface area contributed by atoms with Gasteiger partial charge in [-0.25, -0.2) is 0 Å². The number of ether oxygens (including phenoxy) is 2. The Labute approximate surface area is 528 Å². The first-order valence-electron chi connectivity index (χ1n) is 32.4. The molecule has 92 heavy (non-hydrogen) atoms. The van der Waals surface area contributed by atoms with Gasteiger partial charge in [0.1, 0.15) is 0 Å². The second-order valence-electron chi connectivity index (χ2n) is 27.3. The number of hydrogen-bond donors (Lipinski definition) is 14. The number of rotatable bonds is 20. The summed E-state index contributed by atoms with van der Waals surface area (Å²) in [4.78, 5) is 92.8. The SMILES string of the molecule is NC(=NCCNC(=O)CNC(=O)CNC(=O)CCC(=O)NCC(=O)NCC(=O)Nc1cccc2c3c([nH]c12)[C@@H]1Oc2c(O)ccc4c2[C@@]12CCN(CC1CC1)[C@H](C4)[C@]2(O)C3)Nc1ccc2[nH]c3c(c2c1)C[C@@]1(O)[C@H]2Cc4ccc(O)c5c4[C@@]1(CCN2CC1CC1)[C@H]3O5. The Hall–Kier alpha value is -8.91. The molecule has 480 valence electrons. The maximum Gasteiger partial charge on any atom is 0.243 e. The van der Waals surface area contributed by atoms with Gasteiger partial charge in [-0.1, -0.05) is 24.3 Å². The maximum atomic E-state index is 13.3. The van der Waals surface area contributed by atoms with Gasteiger partial charge in [0.05, 0.1) is 77.3 Å². The summed E-state index contributed by atoms with van der Waals surface area (Å²) in [6.07, 6.45) is 6.65. The van der Waals surface area contributed by atoms with Crippen molar-refractivity contribution in [1.29, 1.82) is 0 Å². The van der Waals surface area contributed by atoms with Gasteiger partial charge >= 0.3 is 0 Å². The molecule has 2 saturated carbocycles. The predicted molar refractivity (Wildman–Crippen MR) is 336 cm³/mol. The molecule has 2 aromatic heterocycles. The summed E-state index contributed by atoms with van der Waals surface area (Å²) in [6.45, 7) is 2.14. The van der Waals surface area contributed by atoms with Crippen molar-refractivity contribution in [3.8, 4) is 23.0 Å². The van der Waals surface area contributed by atoms with Crippen molar-refractivity contribution in [2.75, 3.05) is 76.1 Å². The summed E-state index contributed by atoms with van der Waals surface area (Å²) in [5.74, 6) is -1.05. The molecule has 0 unspecified atom stereocenters. The van der Waals surface area contributed by atoms with Crippen molar-refractivity contribution < 1.29 is 58.7 Å². The zero-order valence-corrected chi connectivity index (χ0v) is 50.8. The Morgan fingerprint density at radius 3 is 1.70 bits per heavy atom. The summed E-state index contributed by atoms with van der Waals surface area (Å²) >= 11 is 0. The molecule has 25 heteroatoms. The first kappa shape index (κ1) is 58.2. The van der Waals surface area contributed by atoms with E-state index in [2.05, 4.69) is 62.0 Å². The van der Waals surface area contributed by atoms with Crippen LogP contribution in [-0.4, -0.2) is 170 Å². The Kier molecular flexibility index (Phi) is 13.7. The number of para-hydroxylation sites is 1. The molecule has 0 radical (unpaired) electrons. The summed E-state index contributed by atoms with van der Waals surface area (Å²) in [6, 6.07) is 18.5. The summed E-state index contributed by atoms with van der Waals surface area (Å²) < 4.78 is 13.5. The van der Waals surface area contributed by atoms with E-state index >= 15 is 0 Å². The van der Waals surface area contributed by atoms with Crippen molar-refractivity contribution >= 4 is 74.6 Å². The molecule has 4 fully saturated rings. The number of nitrogens with two attached hydrogens (primary N) is 1. The van der Waals surface area contributed by atoms with E-state index in [1.54, 1.807) is 18.2 Å². The van der Waals surface area contributed by atoms with Crippen LogP contribution < -0.4 is 52.4 Å². The van der Waals surface area contributed by atoms with Gasteiger partial charge in [0, 0.05) is 90.5 Å². The van der Waals surface area contributed by atoms with Crippen LogP contribution in [0.5, 0.6) is 23.0 Å².